The Morgan fingerprint density at radius 1 is 1.14 bits per heavy atom. The van der Waals surface area contributed by atoms with Crippen LogP contribution >= 0.6 is 0 Å². The van der Waals surface area contributed by atoms with Gasteiger partial charge in [-0.15, -0.1) is 13.0 Å². The zero-order chi connectivity index (χ0) is 30.6. The van der Waals surface area contributed by atoms with Crippen LogP contribution < -0.4 is 0 Å². The summed E-state index contributed by atoms with van der Waals surface area (Å²) in [5.74, 6) is 4.88. The van der Waals surface area contributed by atoms with E-state index < -0.39 is 29.5 Å². The first kappa shape index (κ1) is 32.2. The van der Waals surface area contributed by atoms with Crippen LogP contribution in [-0.4, -0.2) is 52.1 Å². The molecule has 0 amide bonds. The van der Waals surface area contributed by atoms with Crippen LogP contribution in [0.2, 0.25) is 0 Å². The minimum absolute atomic E-state index is 0.118. The molecule has 0 aromatic heterocycles. The number of hydrogen-bond acceptors (Lipinski definition) is 5. The van der Waals surface area contributed by atoms with Crippen LogP contribution in [-0.2, 0) is 9.47 Å². The molecule has 3 N–H and O–H groups in total. The summed E-state index contributed by atoms with van der Waals surface area (Å²) < 4.78 is 12.6. The molecule has 0 radical (unpaired) electrons. The third-order valence-electron chi connectivity index (χ3n) is 13.3. The number of rotatable bonds is 9. The van der Waals surface area contributed by atoms with E-state index in [1.54, 1.807) is 0 Å². The summed E-state index contributed by atoms with van der Waals surface area (Å²) in [4.78, 5) is 0. The Kier molecular flexibility index (Phi) is 8.94. The maximum absolute atomic E-state index is 10.4. The number of aliphatic hydroxyl groups is 3. The monoisotopic (exact) mass is 582 g/mol. The van der Waals surface area contributed by atoms with Crippen molar-refractivity contribution in [3.8, 4) is 12.3 Å². The van der Waals surface area contributed by atoms with Gasteiger partial charge in [0.15, 0.2) is 6.29 Å². The van der Waals surface area contributed by atoms with Gasteiger partial charge in [0.05, 0.1) is 35.9 Å². The summed E-state index contributed by atoms with van der Waals surface area (Å²) in [5, 5.41) is 30.2. The summed E-state index contributed by atoms with van der Waals surface area (Å²) in [6, 6.07) is 0. The van der Waals surface area contributed by atoms with Gasteiger partial charge in [-0.3, -0.25) is 0 Å². The summed E-state index contributed by atoms with van der Waals surface area (Å²) >= 11 is 0. The molecule has 0 aromatic carbocycles. The van der Waals surface area contributed by atoms with Crippen molar-refractivity contribution in [1.29, 1.82) is 0 Å². The lowest BCUT2D eigenvalue weighted by molar-refractivity contribution is -0.252. The Labute approximate surface area is 255 Å². The van der Waals surface area contributed by atoms with Crippen molar-refractivity contribution in [2.75, 3.05) is 6.61 Å². The molecule has 42 heavy (non-hydrogen) atoms. The Bertz CT molecular complexity index is 1070. The fraction of sp³-hybridized carbons (Fsp3) is 0.838. The quantitative estimate of drug-likeness (QED) is 0.156. The minimum Gasteiger partial charge on any atom is -0.394 e. The SMILES string of the molecule is C#C[C@@]1(C)C2=CCC3[C@@](C)(CC[C@]4(C)C(CCCCC(C)(C)O)CC[C@@]34C=C)C2CC[C@@H]1O[C@H]1C[C@@H](O)C[C@@H](CO)O1. The van der Waals surface area contributed by atoms with Gasteiger partial charge in [0.2, 0.25) is 0 Å². The molecular formula is C37H58O5. The first-order valence-electron chi connectivity index (χ1n) is 16.9. The minimum atomic E-state index is -0.577. The third-order valence-corrected chi connectivity index (χ3v) is 13.3. The standard InChI is InChI=1S/C37H58O5/c1-8-34(5)28-13-15-30-35(6,29(28)14-16-31(34)42-32-23-26(39)22-27(24-38)41-32)20-21-36(7)25(17-19-37(30,36)9-2)12-10-11-18-33(3,4)40/h1,9,13,25-27,29-32,38-40H,2,10-12,14-24H2,3-7H3/t25?,26-,27-,29?,30?,31-,32-,34-,35-,36+,37-/m0/s1. The topological polar surface area (TPSA) is 79.2 Å². The Morgan fingerprint density at radius 2 is 1.90 bits per heavy atom. The molecule has 5 rings (SSSR count). The van der Waals surface area contributed by atoms with Gasteiger partial charge in [-0.05, 0) is 113 Å². The predicted molar refractivity (Wildman–Crippen MR) is 167 cm³/mol. The zero-order valence-corrected chi connectivity index (χ0v) is 27.0. The van der Waals surface area contributed by atoms with Crippen LogP contribution in [0.3, 0.4) is 0 Å². The molecule has 5 aliphatic rings. The summed E-state index contributed by atoms with van der Waals surface area (Å²) in [6.07, 6.45) is 22.7. The van der Waals surface area contributed by atoms with Gasteiger partial charge in [-0.1, -0.05) is 50.3 Å². The van der Waals surface area contributed by atoms with Gasteiger partial charge in [-0.25, -0.2) is 0 Å². The smallest absolute Gasteiger partial charge is 0.161 e. The van der Waals surface area contributed by atoms with Gasteiger partial charge in [-0.2, -0.15) is 0 Å². The van der Waals surface area contributed by atoms with E-state index in [2.05, 4.69) is 45.4 Å². The van der Waals surface area contributed by atoms with E-state index >= 15 is 0 Å². The second-order valence-corrected chi connectivity index (χ2v) is 16.0. The van der Waals surface area contributed by atoms with E-state index in [0.29, 0.717) is 30.6 Å². The highest BCUT2D eigenvalue weighted by molar-refractivity contribution is 5.37. The molecule has 5 heteroatoms. The second kappa shape index (κ2) is 11.6. The van der Waals surface area contributed by atoms with Crippen molar-refractivity contribution < 1.29 is 24.8 Å². The molecular weight excluding hydrogens is 524 g/mol. The highest BCUT2D eigenvalue weighted by atomic mass is 16.7. The van der Waals surface area contributed by atoms with Crippen LogP contribution in [0, 0.1) is 51.8 Å². The van der Waals surface area contributed by atoms with Crippen LogP contribution in [0.1, 0.15) is 118 Å². The van der Waals surface area contributed by atoms with E-state index in [4.69, 9.17) is 15.9 Å². The maximum atomic E-state index is 10.4. The summed E-state index contributed by atoms with van der Waals surface area (Å²) in [5.41, 5.74) is 0.825. The molecule has 3 saturated carbocycles. The van der Waals surface area contributed by atoms with Crippen molar-refractivity contribution >= 4 is 0 Å². The average molecular weight is 583 g/mol. The maximum Gasteiger partial charge on any atom is 0.161 e. The van der Waals surface area contributed by atoms with E-state index in [0.717, 1.165) is 32.1 Å². The van der Waals surface area contributed by atoms with E-state index in [1.807, 2.05) is 13.8 Å². The van der Waals surface area contributed by atoms with Crippen molar-refractivity contribution in [3.05, 3.63) is 24.3 Å². The molecule has 11 atom stereocenters. The molecule has 4 aliphatic carbocycles. The number of aliphatic hydroxyl groups excluding tert-OH is 2. The Hall–Kier alpha value is -1.16. The highest BCUT2D eigenvalue weighted by Crippen LogP contribution is 2.75. The lowest BCUT2D eigenvalue weighted by atomic mass is 9.39. The number of ether oxygens (including phenoxy) is 2. The zero-order valence-electron chi connectivity index (χ0n) is 27.0. The highest BCUT2D eigenvalue weighted by Gasteiger charge is 2.67. The van der Waals surface area contributed by atoms with Gasteiger partial charge < -0.3 is 24.8 Å². The molecule has 0 aromatic rings. The second-order valence-electron chi connectivity index (χ2n) is 16.0. The fourth-order valence-electron chi connectivity index (χ4n) is 10.8. The third kappa shape index (κ3) is 5.26. The number of unbranched alkanes of at least 4 members (excludes halogenated alkanes) is 1. The van der Waals surface area contributed by atoms with Crippen LogP contribution in [0.15, 0.2) is 24.3 Å². The van der Waals surface area contributed by atoms with E-state index in [-0.39, 0.29) is 29.0 Å². The molecule has 5 nitrogen and oxygen atoms in total. The van der Waals surface area contributed by atoms with Gasteiger partial charge >= 0.3 is 0 Å². The first-order valence-corrected chi connectivity index (χ1v) is 16.9. The average Bonchev–Trinajstić information content (AvgIpc) is 3.23. The molecule has 1 aliphatic heterocycles. The Morgan fingerprint density at radius 3 is 2.57 bits per heavy atom. The molecule has 4 fully saturated rings. The lowest BCUT2D eigenvalue weighted by Crippen LogP contribution is -2.59. The van der Waals surface area contributed by atoms with Crippen LogP contribution in [0.5, 0.6) is 0 Å². The van der Waals surface area contributed by atoms with Crippen molar-refractivity contribution in [2.45, 2.75) is 148 Å². The molecule has 0 bridgehead atoms. The van der Waals surface area contributed by atoms with Crippen LogP contribution in [0.4, 0.5) is 0 Å². The molecule has 1 heterocycles. The van der Waals surface area contributed by atoms with E-state index in [1.165, 1.54) is 44.1 Å². The number of hydrogen-bond donors (Lipinski definition) is 3. The number of fused-ring (bicyclic) bond motifs is 5. The normalized spacial score (nSPS) is 47.0. The lowest BCUT2D eigenvalue weighted by Gasteiger charge is -2.65. The van der Waals surface area contributed by atoms with Crippen LogP contribution in [0.25, 0.3) is 0 Å². The van der Waals surface area contributed by atoms with Gasteiger partial charge in [0.25, 0.3) is 0 Å². The summed E-state index contributed by atoms with van der Waals surface area (Å²) in [6.45, 7) is 15.6. The fourth-order valence-corrected chi connectivity index (χ4v) is 10.8. The first-order chi connectivity index (χ1) is 19.8. The van der Waals surface area contributed by atoms with E-state index in [9.17, 15) is 15.3 Å². The van der Waals surface area contributed by atoms with Crippen molar-refractivity contribution in [3.63, 3.8) is 0 Å². The molecule has 3 unspecified atom stereocenters. The molecule has 236 valence electrons. The number of allylic oxidation sites excluding steroid dienone is 2. The predicted octanol–water partition coefficient (Wildman–Crippen LogP) is 6.95. The molecule has 1 saturated heterocycles. The molecule has 0 spiro atoms. The number of terminal acetylenes is 1. The largest absolute Gasteiger partial charge is 0.394 e. The van der Waals surface area contributed by atoms with Gasteiger partial charge in [0, 0.05) is 12.8 Å². The Balaban J connectivity index is 1.37. The van der Waals surface area contributed by atoms with Gasteiger partial charge in [0.1, 0.15) is 0 Å². The van der Waals surface area contributed by atoms with Crippen molar-refractivity contribution in [1.82, 2.24) is 0 Å². The summed E-state index contributed by atoms with van der Waals surface area (Å²) in [7, 11) is 0. The van der Waals surface area contributed by atoms with Crippen molar-refractivity contribution in [2.24, 2.45) is 39.4 Å².